The number of carbonyl (C=O) groups is 1. The molecule has 1 saturated heterocycles. The quantitative estimate of drug-likeness (QED) is 0.806. The van der Waals surface area contributed by atoms with Crippen molar-refractivity contribution in [2.24, 2.45) is 0 Å². The molecule has 6 heteroatoms. The largest absolute Gasteiger partial charge is 0.467 e. The van der Waals surface area contributed by atoms with Gasteiger partial charge in [0.15, 0.2) is 0 Å². The summed E-state index contributed by atoms with van der Waals surface area (Å²) in [7, 11) is 0. The first kappa shape index (κ1) is 16.4. The zero-order chi connectivity index (χ0) is 17.1. The Balaban J connectivity index is 1.49. The van der Waals surface area contributed by atoms with E-state index in [0.29, 0.717) is 24.8 Å². The molecule has 1 atom stereocenters. The van der Waals surface area contributed by atoms with Crippen molar-refractivity contribution in [1.29, 1.82) is 0 Å². The van der Waals surface area contributed by atoms with Crippen molar-refractivity contribution in [1.82, 2.24) is 14.7 Å². The average Bonchev–Trinajstić information content (AvgIpc) is 3.41. The topological polar surface area (TPSA) is 60.5 Å². The molecule has 0 bridgehead atoms. The first-order valence-corrected chi connectivity index (χ1v) is 9.28. The molecule has 0 N–H and O–H groups in total. The van der Waals surface area contributed by atoms with Crippen LogP contribution in [0, 0.1) is 0 Å². The molecule has 25 heavy (non-hydrogen) atoms. The second-order valence-corrected chi connectivity index (χ2v) is 7.02. The average molecular weight is 343 g/mol. The lowest BCUT2D eigenvalue weighted by molar-refractivity contribution is 0.0486. The fraction of sp³-hybridized carbons (Fsp3) is 0.579. The van der Waals surface area contributed by atoms with Crippen molar-refractivity contribution in [3.8, 4) is 0 Å². The normalized spacial score (nSPS) is 21.0. The third kappa shape index (κ3) is 3.79. The molecular weight excluding hydrogens is 318 g/mol. The lowest BCUT2D eigenvalue weighted by Crippen LogP contribution is -2.37. The van der Waals surface area contributed by atoms with Crippen LogP contribution in [0.25, 0.3) is 0 Å². The first-order valence-electron chi connectivity index (χ1n) is 9.28. The Hall–Kier alpha value is -2.08. The second kappa shape index (κ2) is 7.44. The summed E-state index contributed by atoms with van der Waals surface area (Å²) in [5.74, 6) is 0.727. The first-order chi connectivity index (χ1) is 12.3. The molecule has 2 aliphatic rings. The van der Waals surface area contributed by atoms with Crippen LogP contribution in [0.4, 0.5) is 0 Å². The van der Waals surface area contributed by atoms with E-state index in [-0.39, 0.29) is 12.0 Å². The molecule has 0 aromatic carbocycles. The van der Waals surface area contributed by atoms with Gasteiger partial charge in [0.25, 0.3) is 5.91 Å². The summed E-state index contributed by atoms with van der Waals surface area (Å²) >= 11 is 0. The summed E-state index contributed by atoms with van der Waals surface area (Å²) in [6.07, 6.45) is 10.6. The predicted octanol–water partition coefficient (Wildman–Crippen LogP) is 3.41. The highest BCUT2D eigenvalue weighted by atomic mass is 16.5. The number of carbonyl (C=O) groups excluding carboxylic acids is 1. The molecule has 0 spiro atoms. The Kier molecular flexibility index (Phi) is 4.88. The highest BCUT2D eigenvalue weighted by Gasteiger charge is 2.26. The van der Waals surface area contributed by atoms with Crippen molar-refractivity contribution in [2.75, 3.05) is 13.2 Å². The third-order valence-electron chi connectivity index (χ3n) is 5.19. The van der Waals surface area contributed by atoms with Crippen molar-refractivity contribution >= 4 is 5.91 Å². The molecule has 1 amide bonds. The number of hydrogen-bond acceptors (Lipinski definition) is 4. The molecule has 1 unspecified atom stereocenters. The van der Waals surface area contributed by atoms with Gasteiger partial charge < -0.3 is 14.1 Å². The molecular formula is C19H25N3O3. The summed E-state index contributed by atoms with van der Waals surface area (Å²) in [6.45, 7) is 1.81. The maximum atomic E-state index is 13.0. The standard InChI is InChI=1S/C19H25N3O3/c23-19(18-9-10-22(20-18)15-5-1-2-6-15)21(13-16-7-3-11-24-16)14-17-8-4-12-25-17/h3,7,9-11,15,17H,1-2,4-6,8,12-14H2. The molecule has 134 valence electrons. The van der Waals surface area contributed by atoms with Crippen LogP contribution >= 0.6 is 0 Å². The van der Waals surface area contributed by atoms with E-state index in [4.69, 9.17) is 9.15 Å². The molecule has 2 fully saturated rings. The number of hydrogen-bond donors (Lipinski definition) is 0. The Morgan fingerprint density at radius 1 is 1.24 bits per heavy atom. The smallest absolute Gasteiger partial charge is 0.274 e. The van der Waals surface area contributed by atoms with Crippen molar-refractivity contribution < 1.29 is 13.9 Å². The van der Waals surface area contributed by atoms with Gasteiger partial charge in [0, 0.05) is 19.3 Å². The van der Waals surface area contributed by atoms with Crippen LogP contribution in [0.5, 0.6) is 0 Å². The van der Waals surface area contributed by atoms with E-state index >= 15 is 0 Å². The molecule has 2 aromatic heterocycles. The van der Waals surface area contributed by atoms with Gasteiger partial charge in [0.1, 0.15) is 11.5 Å². The number of furan rings is 1. The minimum Gasteiger partial charge on any atom is -0.467 e. The highest BCUT2D eigenvalue weighted by molar-refractivity contribution is 5.92. The SMILES string of the molecule is O=C(c1ccn(C2CCCC2)n1)N(Cc1ccco1)CC1CCCO1. The number of ether oxygens (including phenoxy) is 1. The summed E-state index contributed by atoms with van der Waals surface area (Å²) in [6, 6.07) is 6.02. The molecule has 4 rings (SSSR count). The monoisotopic (exact) mass is 343 g/mol. The molecule has 0 radical (unpaired) electrons. The van der Waals surface area contributed by atoms with Crippen LogP contribution in [0.3, 0.4) is 0 Å². The maximum Gasteiger partial charge on any atom is 0.274 e. The summed E-state index contributed by atoms with van der Waals surface area (Å²) in [5, 5.41) is 4.57. The van der Waals surface area contributed by atoms with E-state index in [1.54, 1.807) is 11.2 Å². The number of nitrogens with zero attached hydrogens (tertiary/aromatic N) is 3. The van der Waals surface area contributed by atoms with Crippen LogP contribution in [-0.2, 0) is 11.3 Å². The number of amides is 1. The predicted molar refractivity (Wildman–Crippen MR) is 92.2 cm³/mol. The maximum absolute atomic E-state index is 13.0. The van der Waals surface area contributed by atoms with Gasteiger partial charge in [-0.3, -0.25) is 9.48 Å². The molecule has 6 nitrogen and oxygen atoms in total. The van der Waals surface area contributed by atoms with Gasteiger partial charge in [0.2, 0.25) is 0 Å². The van der Waals surface area contributed by atoms with Crippen LogP contribution in [0.2, 0.25) is 0 Å². The van der Waals surface area contributed by atoms with Crippen LogP contribution in [0.15, 0.2) is 35.1 Å². The van der Waals surface area contributed by atoms with Crippen LogP contribution < -0.4 is 0 Å². The van der Waals surface area contributed by atoms with Gasteiger partial charge in [-0.1, -0.05) is 12.8 Å². The highest BCUT2D eigenvalue weighted by Crippen LogP contribution is 2.29. The Morgan fingerprint density at radius 2 is 2.12 bits per heavy atom. The fourth-order valence-electron chi connectivity index (χ4n) is 3.83. The Labute approximate surface area is 147 Å². The van der Waals surface area contributed by atoms with E-state index in [0.717, 1.165) is 38.1 Å². The van der Waals surface area contributed by atoms with Gasteiger partial charge in [-0.05, 0) is 43.9 Å². The van der Waals surface area contributed by atoms with Gasteiger partial charge >= 0.3 is 0 Å². The van der Waals surface area contributed by atoms with Crippen LogP contribution in [0.1, 0.15) is 60.8 Å². The minimum atomic E-state index is -0.0522. The zero-order valence-electron chi connectivity index (χ0n) is 14.5. The third-order valence-corrected chi connectivity index (χ3v) is 5.19. The van der Waals surface area contributed by atoms with Gasteiger partial charge in [-0.15, -0.1) is 0 Å². The summed E-state index contributed by atoms with van der Waals surface area (Å²) in [5.41, 5.74) is 0.511. The van der Waals surface area contributed by atoms with Gasteiger partial charge in [-0.25, -0.2) is 0 Å². The molecule has 2 aromatic rings. The van der Waals surface area contributed by atoms with Gasteiger partial charge in [-0.2, -0.15) is 5.10 Å². The van der Waals surface area contributed by atoms with Crippen molar-refractivity contribution in [2.45, 2.75) is 57.2 Å². The van der Waals surface area contributed by atoms with E-state index < -0.39 is 0 Å². The molecule has 3 heterocycles. The van der Waals surface area contributed by atoms with Crippen LogP contribution in [-0.4, -0.2) is 39.8 Å². The second-order valence-electron chi connectivity index (χ2n) is 7.02. The van der Waals surface area contributed by atoms with E-state index in [9.17, 15) is 4.79 Å². The molecule has 1 aliphatic heterocycles. The molecule has 1 saturated carbocycles. The summed E-state index contributed by atoms with van der Waals surface area (Å²) < 4.78 is 13.1. The fourth-order valence-corrected chi connectivity index (χ4v) is 3.83. The zero-order valence-corrected chi connectivity index (χ0v) is 14.5. The summed E-state index contributed by atoms with van der Waals surface area (Å²) in [4.78, 5) is 14.8. The lowest BCUT2D eigenvalue weighted by Gasteiger charge is -2.24. The lowest BCUT2D eigenvalue weighted by atomic mass is 10.2. The number of rotatable bonds is 6. The minimum absolute atomic E-state index is 0.0522. The number of aromatic nitrogens is 2. The van der Waals surface area contributed by atoms with Crippen molar-refractivity contribution in [3.63, 3.8) is 0 Å². The Bertz CT molecular complexity index is 683. The molecule has 1 aliphatic carbocycles. The Morgan fingerprint density at radius 3 is 2.84 bits per heavy atom. The van der Waals surface area contributed by atoms with E-state index in [2.05, 4.69) is 5.10 Å². The van der Waals surface area contributed by atoms with E-state index in [1.807, 2.05) is 29.1 Å². The van der Waals surface area contributed by atoms with Crippen molar-refractivity contribution in [3.05, 3.63) is 42.1 Å². The van der Waals surface area contributed by atoms with E-state index in [1.165, 1.54) is 12.8 Å². The van der Waals surface area contributed by atoms with Gasteiger partial charge in [0.05, 0.1) is 25.0 Å².